The van der Waals surface area contributed by atoms with Gasteiger partial charge in [0.1, 0.15) is 0 Å². The van der Waals surface area contributed by atoms with Crippen LogP contribution in [0.3, 0.4) is 0 Å². The average molecular weight is 197 g/mol. The third-order valence-electron chi connectivity index (χ3n) is 2.54. The number of thiazole rings is 1. The van der Waals surface area contributed by atoms with E-state index in [9.17, 15) is 0 Å². The van der Waals surface area contributed by atoms with Crippen molar-refractivity contribution in [3.05, 3.63) is 11.6 Å². The molecule has 13 heavy (non-hydrogen) atoms. The Bertz CT molecular complexity index is 241. The van der Waals surface area contributed by atoms with Crippen LogP contribution in [0.2, 0.25) is 0 Å². The molecule has 1 atom stereocenters. The maximum absolute atomic E-state index is 4.31. The van der Waals surface area contributed by atoms with E-state index in [0.29, 0.717) is 6.04 Å². The molecule has 0 spiro atoms. The first-order chi connectivity index (χ1) is 6.38. The number of piperidine rings is 1. The predicted octanol–water partition coefficient (Wildman–Crippen LogP) is 1.33. The number of hydrogen-bond donors (Lipinski definition) is 1. The fourth-order valence-corrected chi connectivity index (χ4v) is 2.39. The van der Waals surface area contributed by atoms with Crippen molar-refractivity contribution in [1.82, 2.24) is 10.3 Å². The molecule has 0 radical (unpaired) electrons. The Morgan fingerprint density at radius 1 is 1.69 bits per heavy atom. The van der Waals surface area contributed by atoms with Gasteiger partial charge in [-0.1, -0.05) is 0 Å². The summed E-state index contributed by atoms with van der Waals surface area (Å²) in [5.41, 5.74) is 0. The highest BCUT2D eigenvalue weighted by Crippen LogP contribution is 2.20. The minimum Gasteiger partial charge on any atom is -0.347 e. The number of nitrogens with zero attached hydrogens (tertiary/aromatic N) is 2. The highest BCUT2D eigenvalue weighted by Gasteiger charge is 2.18. The molecule has 0 amide bonds. The lowest BCUT2D eigenvalue weighted by atomic mass is 10.1. The largest absolute Gasteiger partial charge is 0.347 e. The van der Waals surface area contributed by atoms with Gasteiger partial charge in [-0.15, -0.1) is 11.3 Å². The summed E-state index contributed by atoms with van der Waals surface area (Å²) in [5.74, 6) is 0. The summed E-state index contributed by atoms with van der Waals surface area (Å²) in [5, 5.41) is 6.58. The zero-order valence-electron chi connectivity index (χ0n) is 7.86. The monoisotopic (exact) mass is 197 g/mol. The molecule has 4 heteroatoms. The molecule has 1 aliphatic heterocycles. The second-order valence-corrected chi connectivity index (χ2v) is 4.30. The Morgan fingerprint density at radius 2 is 2.62 bits per heavy atom. The third-order valence-corrected chi connectivity index (χ3v) is 3.40. The maximum atomic E-state index is 4.31. The zero-order valence-corrected chi connectivity index (χ0v) is 8.68. The summed E-state index contributed by atoms with van der Waals surface area (Å²) < 4.78 is 0. The number of anilines is 1. The molecule has 0 aliphatic carbocycles. The van der Waals surface area contributed by atoms with Gasteiger partial charge in [0, 0.05) is 31.2 Å². The smallest absolute Gasteiger partial charge is 0.185 e. The van der Waals surface area contributed by atoms with Crippen molar-refractivity contribution in [3.63, 3.8) is 0 Å². The van der Waals surface area contributed by atoms with Gasteiger partial charge in [-0.05, 0) is 19.4 Å². The average Bonchev–Trinajstić information content (AvgIpc) is 2.71. The Kier molecular flexibility index (Phi) is 2.80. The number of hydrogen-bond acceptors (Lipinski definition) is 4. The van der Waals surface area contributed by atoms with Gasteiger partial charge in [0.2, 0.25) is 0 Å². The molecule has 3 nitrogen and oxygen atoms in total. The number of nitrogens with one attached hydrogen (secondary N) is 1. The first-order valence-corrected chi connectivity index (χ1v) is 5.59. The van der Waals surface area contributed by atoms with E-state index >= 15 is 0 Å². The number of aromatic nitrogens is 1. The molecule has 2 heterocycles. The van der Waals surface area contributed by atoms with E-state index in [1.807, 2.05) is 11.6 Å². The van der Waals surface area contributed by atoms with Crippen LogP contribution in [0.15, 0.2) is 11.6 Å². The normalized spacial score (nSPS) is 23.0. The lowest BCUT2D eigenvalue weighted by Crippen LogP contribution is -2.44. The van der Waals surface area contributed by atoms with Gasteiger partial charge in [0.05, 0.1) is 0 Å². The van der Waals surface area contributed by atoms with E-state index in [1.54, 1.807) is 11.3 Å². The summed E-state index contributed by atoms with van der Waals surface area (Å²) >= 11 is 1.71. The molecule has 1 fully saturated rings. The molecule has 0 aromatic carbocycles. The number of rotatable bonds is 2. The first kappa shape index (κ1) is 8.97. The van der Waals surface area contributed by atoms with Crippen molar-refractivity contribution < 1.29 is 0 Å². The SMILES string of the molecule is CN(c1nccs1)[C@H]1CCCNC1. The molecule has 1 aromatic rings. The molecule has 2 rings (SSSR count). The summed E-state index contributed by atoms with van der Waals surface area (Å²) in [6.07, 6.45) is 4.43. The van der Waals surface area contributed by atoms with Crippen LogP contribution in [0, 0.1) is 0 Å². The summed E-state index contributed by atoms with van der Waals surface area (Å²) in [6.45, 7) is 2.26. The first-order valence-electron chi connectivity index (χ1n) is 4.71. The van der Waals surface area contributed by atoms with E-state index in [2.05, 4.69) is 22.2 Å². The van der Waals surface area contributed by atoms with Crippen LogP contribution in [0.25, 0.3) is 0 Å². The van der Waals surface area contributed by atoms with E-state index in [4.69, 9.17) is 0 Å². The lowest BCUT2D eigenvalue weighted by molar-refractivity contribution is 0.445. The predicted molar refractivity (Wildman–Crippen MR) is 56.4 cm³/mol. The van der Waals surface area contributed by atoms with Crippen molar-refractivity contribution in [3.8, 4) is 0 Å². The van der Waals surface area contributed by atoms with Crippen LogP contribution in [0.1, 0.15) is 12.8 Å². The molecule has 1 saturated heterocycles. The Hall–Kier alpha value is -0.610. The van der Waals surface area contributed by atoms with E-state index in [1.165, 1.54) is 19.4 Å². The molecule has 72 valence electrons. The Morgan fingerprint density at radius 3 is 3.23 bits per heavy atom. The van der Waals surface area contributed by atoms with Crippen LogP contribution in [-0.4, -0.2) is 31.2 Å². The molecule has 1 aliphatic rings. The minimum absolute atomic E-state index is 0.625. The van der Waals surface area contributed by atoms with Crippen molar-refractivity contribution in [2.24, 2.45) is 0 Å². The van der Waals surface area contributed by atoms with Crippen molar-refractivity contribution in [2.75, 3.05) is 25.0 Å². The second kappa shape index (κ2) is 4.07. The fraction of sp³-hybridized carbons (Fsp3) is 0.667. The zero-order chi connectivity index (χ0) is 9.10. The van der Waals surface area contributed by atoms with Gasteiger partial charge in [0.15, 0.2) is 5.13 Å². The fourth-order valence-electron chi connectivity index (χ4n) is 1.71. The van der Waals surface area contributed by atoms with Gasteiger partial charge in [-0.2, -0.15) is 0 Å². The van der Waals surface area contributed by atoms with Gasteiger partial charge in [-0.25, -0.2) is 4.98 Å². The molecular weight excluding hydrogens is 182 g/mol. The van der Waals surface area contributed by atoms with Gasteiger partial charge >= 0.3 is 0 Å². The molecule has 0 saturated carbocycles. The summed E-state index contributed by atoms with van der Waals surface area (Å²) in [6, 6.07) is 0.625. The van der Waals surface area contributed by atoms with E-state index in [0.717, 1.165) is 11.7 Å². The van der Waals surface area contributed by atoms with Crippen molar-refractivity contribution in [1.29, 1.82) is 0 Å². The van der Waals surface area contributed by atoms with Gasteiger partial charge in [0.25, 0.3) is 0 Å². The highest BCUT2D eigenvalue weighted by atomic mass is 32.1. The molecule has 0 bridgehead atoms. The van der Waals surface area contributed by atoms with Crippen LogP contribution in [-0.2, 0) is 0 Å². The lowest BCUT2D eigenvalue weighted by Gasteiger charge is -2.31. The van der Waals surface area contributed by atoms with E-state index < -0.39 is 0 Å². The van der Waals surface area contributed by atoms with Crippen LogP contribution >= 0.6 is 11.3 Å². The van der Waals surface area contributed by atoms with Crippen LogP contribution in [0.5, 0.6) is 0 Å². The molecule has 1 aromatic heterocycles. The summed E-state index contributed by atoms with van der Waals surface area (Å²) in [7, 11) is 2.14. The topological polar surface area (TPSA) is 28.2 Å². The Balaban J connectivity index is 1.99. The van der Waals surface area contributed by atoms with Crippen molar-refractivity contribution >= 4 is 16.5 Å². The highest BCUT2D eigenvalue weighted by molar-refractivity contribution is 7.13. The summed E-state index contributed by atoms with van der Waals surface area (Å²) in [4.78, 5) is 6.60. The molecule has 1 N–H and O–H groups in total. The van der Waals surface area contributed by atoms with Crippen LogP contribution in [0.4, 0.5) is 5.13 Å². The quantitative estimate of drug-likeness (QED) is 0.775. The van der Waals surface area contributed by atoms with Gasteiger partial charge in [-0.3, -0.25) is 0 Å². The van der Waals surface area contributed by atoms with Crippen molar-refractivity contribution in [2.45, 2.75) is 18.9 Å². The third kappa shape index (κ3) is 2.00. The van der Waals surface area contributed by atoms with E-state index in [-0.39, 0.29) is 0 Å². The maximum Gasteiger partial charge on any atom is 0.185 e. The standard InChI is InChI=1S/C9H15N3S/c1-12(9-11-5-6-13-9)8-3-2-4-10-7-8/h5-6,8,10H,2-4,7H2,1H3/t8-/m0/s1. The second-order valence-electron chi connectivity index (χ2n) is 3.43. The molecule has 0 unspecified atom stereocenters. The minimum atomic E-state index is 0.625. The van der Waals surface area contributed by atoms with Gasteiger partial charge < -0.3 is 10.2 Å². The number of likely N-dealkylation sites (N-methyl/N-ethyl adjacent to an activating group) is 1. The Labute approximate surface area is 82.8 Å². The van der Waals surface area contributed by atoms with Crippen LogP contribution < -0.4 is 10.2 Å². The molecular formula is C9H15N3S.